The number of carbonyl (C=O) groups is 2. The van der Waals surface area contributed by atoms with Crippen molar-refractivity contribution < 1.29 is 28.9 Å². The molecule has 0 radical (unpaired) electrons. The van der Waals surface area contributed by atoms with Crippen LogP contribution in [0.3, 0.4) is 0 Å². The number of hydrogen-bond donors (Lipinski definition) is 2. The predicted molar refractivity (Wildman–Crippen MR) is 53.5 cm³/mol. The second-order valence-electron chi connectivity index (χ2n) is 2.95. The highest BCUT2D eigenvalue weighted by Gasteiger charge is 2.17. The Hall–Kier alpha value is -2.31. The third-order valence-corrected chi connectivity index (χ3v) is 1.83. The number of halogens is 1. The van der Waals surface area contributed by atoms with E-state index in [4.69, 9.17) is 5.11 Å². The summed E-state index contributed by atoms with van der Waals surface area (Å²) >= 11 is 0. The van der Waals surface area contributed by atoms with E-state index in [1.54, 1.807) is 0 Å². The molecular weight excluding hydrogens is 233 g/mol. The van der Waals surface area contributed by atoms with Crippen LogP contribution in [-0.4, -0.2) is 23.8 Å². The van der Waals surface area contributed by atoms with Crippen molar-refractivity contribution in [3.63, 3.8) is 0 Å². The summed E-state index contributed by atoms with van der Waals surface area (Å²) in [6.07, 6.45) is -1.03. The number of amides is 1. The average Bonchev–Trinajstić information content (AvgIpc) is 2.23. The van der Waals surface area contributed by atoms with E-state index < -0.39 is 34.9 Å². The Labute approximate surface area is 95.6 Å². The van der Waals surface area contributed by atoms with Crippen LogP contribution in [0, 0.1) is 5.82 Å². The van der Waals surface area contributed by atoms with Crippen molar-refractivity contribution in [2.45, 2.75) is 6.92 Å². The van der Waals surface area contributed by atoms with Gasteiger partial charge >= 0.3 is 12.1 Å². The Balaban J connectivity index is 3.16. The Morgan fingerprint density at radius 3 is 2.71 bits per heavy atom. The second kappa shape index (κ2) is 5.15. The van der Waals surface area contributed by atoms with E-state index in [0.717, 1.165) is 12.1 Å². The number of carboxylic acids is 1. The van der Waals surface area contributed by atoms with Crippen LogP contribution in [0.5, 0.6) is 5.75 Å². The number of carbonyl (C=O) groups excluding carboxylic acids is 1. The molecule has 0 aliphatic rings. The lowest BCUT2D eigenvalue weighted by Crippen LogP contribution is -2.18. The lowest BCUT2D eigenvalue weighted by atomic mass is 10.1. The number of hydrogen-bond acceptors (Lipinski definition) is 4. The van der Waals surface area contributed by atoms with E-state index in [-0.39, 0.29) is 6.61 Å². The molecule has 0 saturated heterocycles. The van der Waals surface area contributed by atoms with E-state index in [9.17, 15) is 19.1 Å². The van der Waals surface area contributed by atoms with Crippen LogP contribution >= 0.6 is 0 Å². The molecule has 1 amide bonds. The highest BCUT2D eigenvalue weighted by molar-refractivity contribution is 6.01. The molecule has 7 heteroatoms. The monoisotopic (exact) mass is 242 g/mol. The molecule has 92 valence electrons. The summed E-state index contributed by atoms with van der Waals surface area (Å²) in [5.41, 5.74) is -1.53. The summed E-state index contributed by atoms with van der Waals surface area (Å²) in [7, 11) is 0. The van der Waals surface area contributed by atoms with Crippen molar-refractivity contribution in [2.75, 3.05) is 11.9 Å². The number of anilines is 1. The van der Waals surface area contributed by atoms with Crippen LogP contribution in [0.2, 0.25) is 0 Å². The largest absolute Gasteiger partial charge is 0.872 e. The van der Waals surface area contributed by atoms with Crippen LogP contribution in [0.4, 0.5) is 14.9 Å². The summed E-state index contributed by atoms with van der Waals surface area (Å²) in [5, 5.41) is 21.9. The number of carboxylic acid groups (broad SMARTS) is 1. The van der Waals surface area contributed by atoms with Gasteiger partial charge in [0, 0.05) is 0 Å². The SMILES string of the molecule is CCOC(=O)Nc1c(F)ccc([O-])c1C(=O)O. The maximum Gasteiger partial charge on any atom is 0.411 e. The smallest absolute Gasteiger partial charge is 0.411 e. The predicted octanol–water partition coefficient (Wildman–Crippen LogP) is 1.17. The fraction of sp³-hybridized carbons (Fsp3) is 0.200. The van der Waals surface area contributed by atoms with Gasteiger partial charge in [-0.25, -0.2) is 14.0 Å². The fourth-order valence-electron chi connectivity index (χ4n) is 1.16. The number of benzene rings is 1. The summed E-state index contributed by atoms with van der Waals surface area (Å²) in [5.74, 6) is -3.54. The zero-order valence-corrected chi connectivity index (χ0v) is 8.82. The minimum atomic E-state index is -1.62. The van der Waals surface area contributed by atoms with Crippen molar-refractivity contribution in [1.29, 1.82) is 0 Å². The molecule has 1 aromatic carbocycles. The first-order valence-corrected chi connectivity index (χ1v) is 4.64. The second-order valence-corrected chi connectivity index (χ2v) is 2.95. The van der Waals surface area contributed by atoms with Crippen LogP contribution in [0.25, 0.3) is 0 Å². The highest BCUT2D eigenvalue weighted by Crippen LogP contribution is 2.26. The molecule has 2 N–H and O–H groups in total. The lowest BCUT2D eigenvalue weighted by molar-refractivity contribution is -0.268. The van der Waals surface area contributed by atoms with Crippen LogP contribution in [0.15, 0.2) is 12.1 Å². The minimum absolute atomic E-state index is 0.0346. The average molecular weight is 242 g/mol. The van der Waals surface area contributed by atoms with Crippen LogP contribution in [0.1, 0.15) is 17.3 Å². The molecule has 0 heterocycles. The van der Waals surface area contributed by atoms with E-state index in [2.05, 4.69) is 4.74 Å². The molecular formula is C10H9FNO5-. The molecule has 0 saturated carbocycles. The molecule has 0 atom stereocenters. The number of nitrogens with one attached hydrogen (secondary N) is 1. The minimum Gasteiger partial charge on any atom is -0.872 e. The van der Waals surface area contributed by atoms with Crippen molar-refractivity contribution >= 4 is 17.7 Å². The normalized spacial score (nSPS) is 9.76. The van der Waals surface area contributed by atoms with Crippen LogP contribution < -0.4 is 10.4 Å². The molecule has 0 spiro atoms. The summed E-state index contributed by atoms with van der Waals surface area (Å²) < 4.78 is 17.8. The van der Waals surface area contributed by atoms with Gasteiger partial charge in [0.2, 0.25) is 0 Å². The van der Waals surface area contributed by atoms with E-state index in [1.807, 2.05) is 5.32 Å². The molecule has 0 unspecified atom stereocenters. The Kier molecular flexibility index (Phi) is 3.86. The number of ether oxygens (including phenoxy) is 1. The van der Waals surface area contributed by atoms with Crippen molar-refractivity contribution in [3.8, 4) is 5.75 Å². The topological polar surface area (TPSA) is 98.7 Å². The third kappa shape index (κ3) is 2.83. The first kappa shape index (κ1) is 12.8. The van der Waals surface area contributed by atoms with Crippen LogP contribution in [-0.2, 0) is 4.74 Å². The zero-order valence-electron chi connectivity index (χ0n) is 8.82. The lowest BCUT2D eigenvalue weighted by Gasteiger charge is -2.15. The van der Waals surface area contributed by atoms with Crippen molar-refractivity contribution in [2.24, 2.45) is 0 Å². The van der Waals surface area contributed by atoms with Crippen molar-refractivity contribution in [3.05, 3.63) is 23.5 Å². The van der Waals surface area contributed by atoms with Gasteiger partial charge in [-0.2, -0.15) is 0 Å². The Bertz CT molecular complexity index is 460. The first-order chi connectivity index (χ1) is 7.97. The molecule has 0 bridgehead atoms. The third-order valence-electron chi connectivity index (χ3n) is 1.83. The molecule has 0 aliphatic carbocycles. The molecule has 0 aromatic heterocycles. The van der Waals surface area contributed by atoms with E-state index >= 15 is 0 Å². The molecule has 1 rings (SSSR count). The zero-order chi connectivity index (χ0) is 13.0. The van der Waals surface area contributed by atoms with Gasteiger partial charge in [-0.05, 0) is 13.0 Å². The number of rotatable bonds is 3. The first-order valence-electron chi connectivity index (χ1n) is 4.64. The molecule has 1 aromatic rings. The van der Waals surface area contributed by atoms with Crippen molar-refractivity contribution in [1.82, 2.24) is 0 Å². The van der Waals surface area contributed by atoms with Gasteiger partial charge in [0.25, 0.3) is 0 Å². The van der Waals surface area contributed by atoms with Gasteiger partial charge in [-0.1, -0.05) is 11.8 Å². The van der Waals surface area contributed by atoms with Gasteiger partial charge in [0.05, 0.1) is 17.9 Å². The highest BCUT2D eigenvalue weighted by atomic mass is 19.1. The van der Waals surface area contributed by atoms with Gasteiger partial charge in [0.1, 0.15) is 5.82 Å². The summed E-state index contributed by atoms with van der Waals surface area (Å²) in [6, 6.07) is 1.55. The van der Waals surface area contributed by atoms with Gasteiger partial charge in [-0.3, -0.25) is 5.32 Å². The standard InChI is InChI=1S/C10H10FNO5/c1-2-17-10(16)12-8-5(11)3-4-6(13)7(8)9(14)15/h3-4,13H,2H2,1H3,(H,12,16)(H,14,15)/p-1. The summed E-state index contributed by atoms with van der Waals surface area (Å²) in [4.78, 5) is 21.8. The van der Waals surface area contributed by atoms with E-state index in [1.165, 1.54) is 6.92 Å². The Morgan fingerprint density at radius 2 is 2.18 bits per heavy atom. The maximum atomic E-state index is 13.3. The van der Waals surface area contributed by atoms with E-state index in [0.29, 0.717) is 0 Å². The maximum absolute atomic E-state index is 13.3. The fourth-order valence-corrected chi connectivity index (χ4v) is 1.16. The molecule has 0 aliphatic heterocycles. The molecule has 6 nitrogen and oxygen atoms in total. The molecule has 17 heavy (non-hydrogen) atoms. The van der Waals surface area contributed by atoms with Gasteiger partial charge in [-0.15, -0.1) is 0 Å². The van der Waals surface area contributed by atoms with Gasteiger partial charge in [0.15, 0.2) is 0 Å². The quantitative estimate of drug-likeness (QED) is 0.828. The van der Waals surface area contributed by atoms with Gasteiger partial charge < -0.3 is 14.9 Å². The summed E-state index contributed by atoms with van der Waals surface area (Å²) in [6.45, 7) is 1.56. The molecule has 0 fully saturated rings. The Morgan fingerprint density at radius 1 is 1.53 bits per heavy atom. The number of aromatic carboxylic acids is 1.